The number of unbranched alkanes of at least 4 members (excludes halogenated alkanes) is 1. The highest BCUT2D eigenvalue weighted by Gasteiger charge is 2.40. The van der Waals surface area contributed by atoms with E-state index in [1.807, 2.05) is 0 Å². The average Bonchev–Trinajstić information content (AvgIpc) is 3.08. The largest absolute Gasteiger partial charge is 0.490 e. The second kappa shape index (κ2) is 30.5. The van der Waals surface area contributed by atoms with Gasteiger partial charge in [0.1, 0.15) is 0 Å². The van der Waals surface area contributed by atoms with E-state index in [9.17, 15) is 52.7 Å². The number of aliphatic carboxylic acids is 4. The second-order valence-electron chi connectivity index (χ2n) is 10.5. The standard InChI is InChI=1S/C24H38N4.4C2HF3O2/c1-3-11-23(12-4-1)21-27-19-9-17-25-15-7-8-16-26-18-10-20-28-22-24-13-5-2-6-14-24;4*3-2(4,5)1(6)7/h1-6,11-14,25-28H,7-10,15-22H2;4*(H,6,7). The molecular formula is C32H42F12N4O8. The van der Waals surface area contributed by atoms with Crippen LogP contribution in [0.4, 0.5) is 52.7 Å². The molecule has 2 aromatic rings. The molecule has 0 spiro atoms. The Hall–Kier alpha value is -4.68. The Morgan fingerprint density at radius 2 is 0.571 bits per heavy atom. The van der Waals surface area contributed by atoms with Crippen LogP contribution in [0.5, 0.6) is 0 Å². The van der Waals surface area contributed by atoms with Crippen LogP contribution in [0.2, 0.25) is 0 Å². The van der Waals surface area contributed by atoms with Crippen molar-refractivity contribution in [2.24, 2.45) is 0 Å². The summed E-state index contributed by atoms with van der Waals surface area (Å²) in [7, 11) is 0. The normalized spacial score (nSPS) is 11.1. The third-order valence-electron chi connectivity index (χ3n) is 5.69. The molecule has 0 amide bonds. The molecule has 0 aliphatic heterocycles. The number of hydrogen-bond acceptors (Lipinski definition) is 8. The molecule has 2 rings (SSSR count). The zero-order valence-corrected chi connectivity index (χ0v) is 29.2. The third-order valence-corrected chi connectivity index (χ3v) is 5.69. The summed E-state index contributed by atoms with van der Waals surface area (Å²) in [5.41, 5.74) is 2.71. The summed E-state index contributed by atoms with van der Waals surface area (Å²) in [6.45, 7) is 8.52. The fraction of sp³-hybridized carbons (Fsp3) is 0.500. The van der Waals surface area contributed by atoms with Crippen LogP contribution in [-0.4, -0.2) is 108 Å². The summed E-state index contributed by atoms with van der Waals surface area (Å²) >= 11 is 0. The van der Waals surface area contributed by atoms with Gasteiger partial charge in [-0.1, -0.05) is 60.7 Å². The zero-order valence-electron chi connectivity index (χ0n) is 29.2. The average molecular weight is 839 g/mol. The van der Waals surface area contributed by atoms with Gasteiger partial charge in [0, 0.05) is 13.1 Å². The van der Waals surface area contributed by atoms with Gasteiger partial charge in [-0.15, -0.1) is 0 Å². The van der Waals surface area contributed by atoms with Gasteiger partial charge < -0.3 is 41.7 Å². The molecular weight excluding hydrogens is 796 g/mol. The first-order valence-corrected chi connectivity index (χ1v) is 15.8. The Balaban J connectivity index is -0.000000809. The third kappa shape index (κ3) is 39.0. The smallest absolute Gasteiger partial charge is 0.475 e. The van der Waals surface area contributed by atoms with Gasteiger partial charge in [-0.2, -0.15) is 52.7 Å². The predicted molar refractivity (Wildman–Crippen MR) is 175 cm³/mol. The van der Waals surface area contributed by atoms with Crippen LogP contribution in [0.3, 0.4) is 0 Å². The lowest BCUT2D eigenvalue weighted by Gasteiger charge is -2.08. The van der Waals surface area contributed by atoms with E-state index in [0.717, 1.165) is 52.4 Å². The van der Waals surface area contributed by atoms with E-state index in [1.165, 1.54) is 36.8 Å². The number of carbonyl (C=O) groups is 4. The minimum atomic E-state index is -5.08. The highest BCUT2D eigenvalue weighted by Crippen LogP contribution is 2.15. The van der Waals surface area contributed by atoms with Gasteiger partial charge in [-0.05, 0) is 76.1 Å². The number of benzene rings is 2. The van der Waals surface area contributed by atoms with Gasteiger partial charge in [-0.25, -0.2) is 19.2 Å². The summed E-state index contributed by atoms with van der Waals surface area (Å²) in [5.74, 6) is -11.0. The Labute approximate surface area is 312 Å². The lowest BCUT2D eigenvalue weighted by molar-refractivity contribution is -0.193. The molecule has 0 atom stereocenters. The topological polar surface area (TPSA) is 197 Å². The maximum atomic E-state index is 10.6. The summed E-state index contributed by atoms with van der Waals surface area (Å²) in [5, 5.41) is 42.6. The molecule has 0 heterocycles. The Morgan fingerprint density at radius 1 is 0.375 bits per heavy atom. The van der Waals surface area contributed by atoms with Gasteiger partial charge in [-0.3, -0.25) is 0 Å². The molecule has 12 nitrogen and oxygen atoms in total. The van der Waals surface area contributed by atoms with Gasteiger partial charge >= 0.3 is 48.6 Å². The van der Waals surface area contributed by atoms with Crippen LogP contribution in [-0.2, 0) is 32.3 Å². The van der Waals surface area contributed by atoms with Crippen LogP contribution < -0.4 is 21.3 Å². The van der Waals surface area contributed by atoms with Crippen molar-refractivity contribution >= 4 is 23.9 Å². The highest BCUT2D eigenvalue weighted by atomic mass is 19.4. The summed E-state index contributed by atoms with van der Waals surface area (Å²) in [6, 6.07) is 21.2. The van der Waals surface area contributed by atoms with E-state index < -0.39 is 48.6 Å². The molecule has 0 unspecified atom stereocenters. The lowest BCUT2D eigenvalue weighted by Crippen LogP contribution is -2.24. The van der Waals surface area contributed by atoms with Crippen molar-refractivity contribution in [1.29, 1.82) is 0 Å². The van der Waals surface area contributed by atoms with E-state index in [4.69, 9.17) is 39.6 Å². The van der Waals surface area contributed by atoms with Crippen molar-refractivity contribution in [2.75, 3.05) is 39.3 Å². The molecule has 0 aliphatic carbocycles. The number of carboxylic acid groups (broad SMARTS) is 4. The lowest BCUT2D eigenvalue weighted by atomic mass is 10.2. The van der Waals surface area contributed by atoms with Crippen molar-refractivity contribution < 1.29 is 92.3 Å². The molecule has 24 heteroatoms. The van der Waals surface area contributed by atoms with Crippen LogP contribution in [0, 0.1) is 0 Å². The molecule has 56 heavy (non-hydrogen) atoms. The first-order chi connectivity index (χ1) is 25.7. The van der Waals surface area contributed by atoms with E-state index in [2.05, 4.69) is 81.9 Å². The monoisotopic (exact) mass is 838 g/mol. The number of hydrogen-bond donors (Lipinski definition) is 8. The van der Waals surface area contributed by atoms with E-state index in [1.54, 1.807) is 0 Å². The molecule has 0 saturated carbocycles. The minimum absolute atomic E-state index is 0.967. The first-order valence-electron chi connectivity index (χ1n) is 15.8. The molecule has 0 saturated heterocycles. The molecule has 0 aromatic heterocycles. The van der Waals surface area contributed by atoms with Crippen molar-refractivity contribution in [3.8, 4) is 0 Å². The van der Waals surface area contributed by atoms with Crippen LogP contribution >= 0.6 is 0 Å². The van der Waals surface area contributed by atoms with Gasteiger partial charge in [0.25, 0.3) is 0 Å². The van der Waals surface area contributed by atoms with E-state index in [0.29, 0.717) is 0 Å². The van der Waals surface area contributed by atoms with Crippen molar-refractivity contribution in [3.63, 3.8) is 0 Å². The van der Waals surface area contributed by atoms with Crippen LogP contribution in [0.1, 0.15) is 36.8 Å². The number of halogens is 12. The molecule has 0 aliphatic rings. The molecule has 2 aromatic carbocycles. The summed E-state index contributed by atoms with van der Waals surface area (Å²) < 4.78 is 127. The molecule has 322 valence electrons. The highest BCUT2D eigenvalue weighted by molar-refractivity contribution is 5.74. The molecule has 0 radical (unpaired) electrons. The van der Waals surface area contributed by atoms with Crippen molar-refractivity contribution in [2.45, 2.75) is 63.5 Å². The van der Waals surface area contributed by atoms with Gasteiger partial charge in [0.15, 0.2) is 0 Å². The Morgan fingerprint density at radius 3 is 0.786 bits per heavy atom. The summed E-state index contributed by atoms with van der Waals surface area (Å²) in [6.07, 6.45) is -15.5. The number of rotatable bonds is 17. The van der Waals surface area contributed by atoms with E-state index in [-0.39, 0.29) is 0 Å². The molecule has 0 fully saturated rings. The molecule has 8 N–H and O–H groups in total. The number of nitrogens with one attached hydrogen (secondary N) is 4. The fourth-order valence-electron chi connectivity index (χ4n) is 3.08. The van der Waals surface area contributed by atoms with Gasteiger partial charge in [0.05, 0.1) is 0 Å². The number of carboxylic acids is 4. The Bertz CT molecular complexity index is 1180. The van der Waals surface area contributed by atoms with Crippen LogP contribution in [0.25, 0.3) is 0 Å². The van der Waals surface area contributed by atoms with Crippen molar-refractivity contribution in [1.82, 2.24) is 21.3 Å². The van der Waals surface area contributed by atoms with Crippen molar-refractivity contribution in [3.05, 3.63) is 71.8 Å². The Kier molecular flexibility index (Phi) is 30.3. The number of alkyl halides is 12. The fourth-order valence-corrected chi connectivity index (χ4v) is 3.08. The van der Waals surface area contributed by atoms with E-state index >= 15 is 0 Å². The maximum absolute atomic E-state index is 10.6. The SMILES string of the molecule is O=C(O)C(F)(F)F.O=C(O)C(F)(F)F.O=C(O)C(F)(F)F.O=C(O)C(F)(F)F.c1ccc(CNCCCNCCCCNCCCNCc2ccccc2)cc1. The van der Waals surface area contributed by atoms with Gasteiger partial charge in [0.2, 0.25) is 0 Å². The maximum Gasteiger partial charge on any atom is 0.490 e. The molecule has 0 bridgehead atoms. The van der Waals surface area contributed by atoms with Crippen LogP contribution in [0.15, 0.2) is 60.7 Å². The predicted octanol–water partition coefficient (Wildman–Crippen LogP) is 5.84. The second-order valence-corrected chi connectivity index (χ2v) is 10.5. The quantitative estimate of drug-likeness (QED) is 0.0702. The summed E-state index contributed by atoms with van der Waals surface area (Å²) in [4.78, 5) is 35.6. The minimum Gasteiger partial charge on any atom is -0.475 e. The zero-order chi connectivity index (χ0) is 43.8. The first kappa shape index (κ1) is 55.7.